The summed E-state index contributed by atoms with van der Waals surface area (Å²) >= 11 is 4.74. The summed E-state index contributed by atoms with van der Waals surface area (Å²) in [5, 5.41) is 17.8. The molecule has 1 N–H and O–H groups in total. The van der Waals surface area contributed by atoms with Crippen molar-refractivity contribution >= 4 is 38.9 Å². The molecule has 0 spiro atoms. The van der Waals surface area contributed by atoms with Crippen molar-refractivity contribution in [3.63, 3.8) is 0 Å². The van der Waals surface area contributed by atoms with E-state index in [0.29, 0.717) is 0 Å². The highest BCUT2D eigenvalue weighted by Crippen LogP contribution is 2.28. The normalized spacial score (nSPS) is 11.9. The summed E-state index contributed by atoms with van der Waals surface area (Å²) in [5.74, 6) is -0.326. The van der Waals surface area contributed by atoms with Crippen LogP contribution < -0.4 is 5.32 Å². The minimum Gasteiger partial charge on any atom is -0.349 e. The first-order chi connectivity index (χ1) is 9.99. The van der Waals surface area contributed by atoms with Gasteiger partial charge in [-0.15, -0.1) is 0 Å². The third kappa shape index (κ3) is 3.89. The van der Waals surface area contributed by atoms with Gasteiger partial charge in [0, 0.05) is 12.1 Å². The molecule has 1 unspecified atom stereocenters. The molecule has 1 aromatic heterocycles. The van der Waals surface area contributed by atoms with Crippen LogP contribution in [0.4, 0.5) is 5.69 Å². The maximum absolute atomic E-state index is 12.2. The molecule has 0 aliphatic heterocycles. The molecule has 1 aromatic carbocycles. The van der Waals surface area contributed by atoms with Crippen LogP contribution in [-0.2, 0) is 6.42 Å². The van der Waals surface area contributed by atoms with Crippen molar-refractivity contribution < 1.29 is 9.72 Å². The number of nitrogens with zero attached hydrogens (tertiary/aromatic N) is 1. The number of rotatable bonds is 5. The predicted molar refractivity (Wildman–Crippen MR) is 85.7 cm³/mol. The first-order valence-electron chi connectivity index (χ1n) is 6.24. The summed E-state index contributed by atoms with van der Waals surface area (Å²) in [4.78, 5) is 22.6. The van der Waals surface area contributed by atoms with Gasteiger partial charge in [-0.25, -0.2) is 0 Å². The van der Waals surface area contributed by atoms with Gasteiger partial charge >= 0.3 is 0 Å². The Kier molecular flexibility index (Phi) is 5.08. The molecule has 0 aliphatic rings. The van der Waals surface area contributed by atoms with Gasteiger partial charge in [0.25, 0.3) is 11.6 Å². The lowest BCUT2D eigenvalue weighted by atomic mass is 10.1. The number of amides is 1. The van der Waals surface area contributed by atoms with E-state index in [1.807, 2.05) is 23.8 Å². The van der Waals surface area contributed by atoms with Gasteiger partial charge < -0.3 is 5.32 Å². The monoisotopic (exact) mass is 368 g/mol. The Hall–Kier alpha value is -1.73. The summed E-state index contributed by atoms with van der Waals surface area (Å²) in [6.45, 7) is 1.90. The Morgan fingerprint density at radius 3 is 2.86 bits per heavy atom. The number of nitro groups is 1. The number of nitrogens with one attached hydrogen (secondary N) is 1. The van der Waals surface area contributed by atoms with Crippen LogP contribution in [0, 0.1) is 10.1 Å². The van der Waals surface area contributed by atoms with Gasteiger partial charge in [-0.3, -0.25) is 14.9 Å². The Labute approximate surface area is 134 Å². The van der Waals surface area contributed by atoms with E-state index in [0.717, 1.165) is 12.0 Å². The lowest BCUT2D eigenvalue weighted by molar-refractivity contribution is -0.385. The number of carbonyl (C=O) groups excluding carboxylic acids is 1. The van der Waals surface area contributed by atoms with E-state index in [1.165, 1.54) is 12.1 Å². The molecule has 0 radical (unpaired) electrons. The quantitative estimate of drug-likeness (QED) is 0.644. The van der Waals surface area contributed by atoms with Gasteiger partial charge in [0.1, 0.15) is 4.47 Å². The van der Waals surface area contributed by atoms with Gasteiger partial charge in [-0.2, -0.15) is 11.3 Å². The fourth-order valence-electron chi connectivity index (χ4n) is 1.95. The molecule has 0 saturated heterocycles. The van der Waals surface area contributed by atoms with Crippen molar-refractivity contribution in [1.29, 1.82) is 0 Å². The van der Waals surface area contributed by atoms with E-state index in [4.69, 9.17) is 0 Å². The summed E-state index contributed by atoms with van der Waals surface area (Å²) in [7, 11) is 0. The van der Waals surface area contributed by atoms with Gasteiger partial charge in [0.15, 0.2) is 0 Å². The number of benzene rings is 1. The van der Waals surface area contributed by atoms with E-state index >= 15 is 0 Å². The largest absolute Gasteiger partial charge is 0.349 e. The summed E-state index contributed by atoms with van der Waals surface area (Å²) in [6, 6.07) is 6.37. The third-order valence-electron chi connectivity index (χ3n) is 2.92. The van der Waals surface area contributed by atoms with Crippen molar-refractivity contribution in [2.45, 2.75) is 19.4 Å². The molecule has 110 valence electrons. The fourth-order valence-corrected chi connectivity index (χ4v) is 3.22. The summed E-state index contributed by atoms with van der Waals surface area (Å²) in [6.07, 6.45) is 0.724. The molecule has 1 amide bonds. The van der Waals surface area contributed by atoms with Crippen LogP contribution in [0.15, 0.2) is 39.5 Å². The van der Waals surface area contributed by atoms with Crippen molar-refractivity contribution in [3.8, 4) is 0 Å². The SMILES string of the molecule is CC(Cc1ccsc1)NC(=O)c1cccc([N+](=O)[O-])c1Br. The smallest absolute Gasteiger partial charge is 0.284 e. The molecule has 0 saturated carbocycles. The van der Waals surface area contributed by atoms with Gasteiger partial charge in [-0.1, -0.05) is 6.07 Å². The third-order valence-corrected chi connectivity index (χ3v) is 4.48. The van der Waals surface area contributed by atoms with E-state index in [2.05, 4.69) is 21.2 Å². The maximum Gasteiger partial charge on any atom is 0.284 e. The van der Waals surface area contributed by atoms with Crippen LogP contribution >= 0.6 is 27.3 Å². The van der Waals surface area contributed by atoms with Crippen LogP contribution in [-0.4, -0.2) is 16.9 Å². The van der Waals surface area contributed by atoms with Crippen LogP contribution in [0.25, 0.3) is 0 Å². The van der Waals surface area contributed by atoms with E-state index in [-0.39, 0.29) is 27.7 Å². The average Bonchev–Trinajstić information content (AvgIpc) is 2.91. The van der Waals surface area contributed by atoms with Crippen molar-refractivity contribution in [2.24, 2.45) is 0 Å². The van der Waals surface area contributed by atoms with Crippen molar-refractivity contribution in [1.82, 2.24) is 5.32 Å². The lowest BCUT2D eigenvalue weighted by Crippen LogP contribution is -2.34. The molecule has 2 rings (SSSR count). The summed E-state index contributed by atoms with van der Waals surface area (Å²) < 4.78 is 0.204. The van der Waals surface area contributed by atoms with E-state index in [1.54, 1.807) is 17.4 Å². The van der Waals surface area contributed by atoms with Crippen molar-refractivity contribution in [2.75, 3.05) is 0 Å². The second-order valence-corrected chi connectivity index (χ2v) is 6.18. The van der Waals surface area contributed by atoms with Crippen LogP contribution in [0.1, 0.15) is 22.8 Å². The number of carbonyl (C=O) groups is 1. The van der Waals surface area contributed by atoms with E-state index < -0.39 is 4.92 Å². The van der Waals surface area contributed by atoms with Crippen LogP contribution in [0.3, 0.4) is 0 Å². The molecular weight excluding hydrogens is 356 g/mol. The number of hydrogen-bond acceptors (Lipinski definition) is 4. The van der Waals surface area contributed by atoms with Crippen LogP contribution in [0.5, 0.6) is 0 Å². The lowest BCUT2D eigenvalue weighted by Gasteiger charge is -2.14. The molecule has 21 heavy (non-hydrogen) atoms. The molecule has 7 heteroatoms. The first-order valence-corrected chi connectivity index (χ1v) is 7.97. The number of thiophene rings is 1. The molecule has 0 fully saturated rings. The topological polar surface area (TPSA) is 72.2 Å². The zero-order valence-corrected chi connectivity index (χ0v) is 13.6. The second kappa shape index (κ2) is 6.82. The highest BCUT2D eigenvalue weighted by molar-refractivity contribution is 9.10. The highest BCUT2D eigenvalue weighted by atomic mass is 79.9. The van der Waals surface area contributed by atoms with Crippen LogP contribution in [0.2, 0.25) is 0 Å². The number of hydrogen-bond donors (Lipinski definition) is 1. The maximum atomic E-state index is 12.2. The Morgan fingerprint density at radius 1 is 1.48 bits per heavy atom. The minimum absolute atomic E-state index is 0.0572. The zero-order valence-electron chi connectivity index (χ0n) is 11.2. The predicted octanol–water partition coefficient (Wildman–Crippen LogP) is 3.78. The molecule has 1 atom stereocenters. The summed E-state index contributed by atoms with van der Waals surface area (Å²) in [5.41, 5.74) is 1.31. The molecule has 0 bridgehead atoms. The van der Waals surface area contributed by atoms with Crippen molar-refractivity contribution in [3.05, 3.63) is 60.7 Å². The zero-order chi connectivity index (χ0) is 15.4. The molecule has 0 aliphatic carbocycles. The van der Waals surface area contributed by atoms with Gasteiger partial charge in [0.05, 0.1) is 10.5 Å². The highest BCUT2D eigenvalue weighted by Gasteiger charge is 2.20. The molecule has 1 heterocycles. The standard InChI is InChI=1S/C14H13BrN2O3S/c1-9(7-10-5-6-21-8-10)16-14(18)11-3-2-4-12(13(11)15)17(19)20/h2-6,8-9H,7H2,1H3,(H,16,18). The second-order valence-electron chi connectivity index (χ2n) is 4.61. The number of halogens is 1. The minimum atomic E-state index is -0.518. The Balaban J connectivity index is 2.10. The molecule has 2 aromatic rings. The fraction of sp³-hybridized carbons (Fsp3) is 0.214. The molecule has 5 nitrogen and oxygen atoms in total. The Morgan fingerprint density at radius 2 is 2.24 bits per heavy atom. The van der Waals surface area contributed by atoms with Gasteiger partial charge in [0.2, 0.25) is 0 Å². The van der Waals surface area contributed by atoms with Gasteiger partial charge in [-0.05, 0) is 57.7 Å². The average molecular weight is 369 g/mol. The number of nitro benzene ring substituents is 1. The first kappa shape index (κ1) is 15.7. The Bertz CT molecular complexity index is 658. The molecular formula is C14H13BrN2O3S. The van der Waals surface area contributed by atoms with E-state index in [9.17, 15) is 14.9 Å².